The lowest BCUT2D eigenvalue weighted by Crippen LogP contribution is -2.57. The van der Waals surface area contributed by atoms with E-state index in [0.717, 1.165) is 34.5 Å². The monoisotopic (exact) mass is 665 g/mol. The zero-order valence-electron chi connectivity index (χ0n) is 22.2. The molecule has 3 saturated heterocycles. The molecule has 2 aromatic heterocycles. The minimum absolute atomic E-state index is 0.206. The summed E-state index contributed by atoms with van der Waals surface area (Å²) in [4.78, 5) is 11.5. The standard InChI is InChI=1S/C28H33ClIN5O4/c1-27(2)38-21-20(14-36-18-8-6-7-17(11-18)12-30)37-25(22(21)39-27)35-24-19(13-31-35)23(32-26(29)33-24)34-15-28(16-34)9-4-3-5-10-28/h6-8,11,13,20-22,25H,3-5,9-10,12,14-16H2,1-2H3/t20-,21-,22-,25-/m1/s1. The molecule has 1 saturated carbocycles. The summed E-state index contributed by atoms with van der Waals surface area (Å²) in [6.07, 6.45) is 6.84. The van der Waals surface area contributed by atoms with E-state index in [1.54, 1.807) is 4.68 Å². The van der Waals surface area contributed by atoms with Crippen LogP contribution in [0.15, 0.2) is 30.5 Å². The van der Waals surface area contributed by atoms with Gasteiger partial charge in [0.25, 0.3) is 0 Å². The third-order valence-corrected chi connectivity index (χ3v) is 9.56. The van der Waals surface area contributed by atoms with E-state index in [1.165, 1.54) is 37.7 Å². The molecule has 4 atom stereocenters. The molecule has 1 aliphatic carbocycles. The van der Waals surface area contributed by atoms with Crippen LogP contribution in [-0.4, -0.2) is 63.5 Å². The van der Waals surface area contributed by atoms with E-state index in [9.17, 15) is 0 Å². The maximum atomic E-state index is 6.53. The molecule has 1 spiro atoms. The zero-order valence-corrected chi connectivity index (χ0v) is 25.1. The summed E-state index contributed by atoms with van der Waals surface area (Å²) in [5.41, 5.74) is 2.27. The number of alkyl halides is 1. The molecule has 4 fully saturated rings. The average Bonchev–Trinajstić information content (AvgIpc) is 3.56. The molecule has 0 amide bonds. The molecule has 0 radical (unpaired) electrons. The number of hydrogen-bond donors (Lipinski definition) is 0. The van der Waals surface area contributed by atoms with E-state index >= 15 is 0 Å². The molecule has 4 aliphatic rings. The zero-order chi connectivity index (χ0) is 26.8. The molecule has 7 rings (SSSR count). The highest BCUT2D eigenvalue weighted by Gasteiger charge is 2.57. The van der Waals surface area contributed by atoms with Crippen molar-refractivity contribution < 1.29 is 18.9 Å². The molecule has 0 N–H and O–H groups in total. The van der Waals surface area contributed by atoms with E-state index < -0.39 is 12.0 Å². The van der Waals surface area contributed by atoms with Crippen molar-refractivity contribution in [2.75, 3.05) is 24.6 Å². The summed E-state index contributed by atoms with van der Waals surface area (Å²) >= 11 is 8.83. The molecule has 1 aromatic carbocycles. The predicted molar refractivity (Wildman–Crippen MR) is 155 cm³/mol. The Morgan fingerprint density at radius 3 is 2.69 bits per heavy atom. The second-order valence-corrected chi connectivity index (χ2v) is 12.9. The highest BCUT2D eigenvalue weighted by molar-refractivity contribution is 14.1. The first-order chi connectivity index (χ1) is 18.8. The maximum Gasteiger partial charge on any atom is 0.226 e. The van der Waals surface area contributed by atoms with Crippen LogP contribution in [0.3, 0.4) is 0 Å². The normalized spacial score (nSPS) is 29.1. The van der Waals surface area contributed by atoms with Crippen LogP contribution in [0, 0.1) is 5.41 Å². The van der Waals surface area contributed by atoms with E-state index in [0.29, 0.717) is 17.7 Å². The van der Waals surface area contributed by atoms with Gasteiger partial charge in [0.15, 0.2) is 17.7 Å². The van der Waals surface area contributed by atoms with Gasteiger partial charge >= 0.3 is 0 Å². The van der Waals surface area contributed by atoms with Crippen LogP contribution in [0.2, 0.25) is 5.28 Å². The lowest BCUT2D eigenvalue weighted by Gasteiger charge is -2.53. The van der Waals surface area contributed by atoms with Gasteiger partial charge in [0, 0.05) is 22.9 Å². The second-order valence-electron chi connectivity index (χ2n) is 11.8. The fourth-order valence-corrected chi connectivity index (χ4v) is 7.36. The van der Waals surface area contributed by atoms with Crippen molar-refractivity contribution >= 4 is 51.0 Å². The van der Waals surface area contributed by atoms with E-state index in [1.807, 2.05) is 32.2 Å². The summed E-state index contributed by atoms with van der Waals surface area (Å²) in [5, 5.41) is 5.81. The lowest BCUT2D eigenvalue weighted by atomic mass is 9.68. The molecule has 0 bridgehead atoms. The first-order valence-corrected chi connectivity index (χ1v) is 15.7. The van der Waals surface area contributed by atoms with E-state index in [-0.39, 0.29) is 23.6 Å². The molecule has 3 aromatic rings. The fraction of sp³-hybridized carbons (Fsp3) is 0.607. The smallest absolute Gasteiger partial charge is 0.226 e. The molecule has 9 nitrogen and oxygen atoms in total. The summed E-state index contributed by atoms with van der Waals surface area (Å²) in [5.74, 6) is 0.912. The number of hydrogen-bond acceptors (Lipinski definition) is 8. The van der Waals surface area contributed by atoms with E-state index in [2.05, 4.69) is 49.6 Å². The minimum atomic E-state index is -0.747. The second kappa shape index (κ2) is 9.97. The highest BCUT2D eigenvalue weighted by atomic mass is 127. The van der Waals surface area contributed by atoms with Crippen LogP contribution < -0.4 is 9.64 Å². The first kappa shape index (κ1) is 26.2. The van der Waals surface area contributed by atoms with Crippen molar-refractivity contribution in [1.82, 2.24) is 19.7 Å². The molecule has 3 aliphatic heterocycles. The summed E-state index contributed by atoms with van der Waals surface area (Å²) in [7, 11) is 0. The average molecular weight is 666 g/mol. The van der Waals surface area contributed by atoms with Crippen LogP contribution in [0.1, 0.15) is 57.7 Å². The van der Waals surface area contributed by atoms with Crippen molar-refractivity contribution in [2.24, 2.45) is 5.41 Å². The minimum Gasteiger partial charge on any atom is -0.491 e. The van der Waals surface area contributed by atoms with Gasteiger partial charge in [-0.05, 0) is 56.0 Å². The maximum absolute atomic E-state index is 6.53. The largest absolute Gasteiger partial charge is 0.491 e. The summed E-state index contributed by atoms with van der Waals surface area (Å²) < 4.78 is 28.0. The Hall–Kier alpha value is -1.73. The van der Waals surface area contributed by atoms with Gasteiger partial charge < -0.3 is 23.8 Å². The molecule has 11 heteroatoms. The summed E-state index contributed by atoms with van der Waals surface area (Å²) in [6.45, 7) is 6.20. The van der Waals surface area contributed by atoms with Gasteiger partial charge in [-0.2, -0.15) is 15.1 Å². The van der Waals surface area contributed by atoms with Gasteiger partial charge in [-0.15, -0.1) is 0 Å². The highest BCUT2D eigenvalue weighted by Crippen LogP contribution is 2.47. The first-order valence-electron chi connectivity index (χ1n) is 13.8. The number of aromatic nitrogens is 4. The number of halogens is 2. The predicted octanol–water partition coefficient (Wildman–Crippen LogP) is 5.68. The Balaban J connectivity index is 1.15. The van der Waals surface area contributed by atoms with Gasteiger partial charge in [0.05, 0.1) is 11.6 Å². The van der Waals surface area contributed by atoms with Crippen LogP contribution in [0.5, 0.6) is 5.75 Å². The fourth-order valence-electron chi connectivity index (χ4n) is 6.73. The Bertz CT molecular complexity index is 1370. The van der Waals surface area contributed by atoms with Gasteiger partial charge in [-0.1, -0.05) is 54.0 Å². The van der Waals surface area contributed by atoms with Crippen LogP contribution in [0.4, 0.5) is 5.82 Å². The number of ether oxygens (including phenoxy) is 4. The number of anilines is 1. The van der Waals surface area contributed by atoms with Gasteiger partial charge in [-0.25, -0.2) is 4.68 Å². The topological polar surface area (TPSA) is 83.8 Å². The molecular weight excluding hydrogens is 633 g/mol. The molecule has 0 unspecified atom stereocenters. The van der Waals surface area contributed by atoms with Gasteiger partial charge in [0.2, 0.25) is 5.28 Å². The molecule has 208 valence electrons. The molecular formula is C28H33ClIN5O4. The number of nitrogens with zero attached hydrogens (tertiary/aromatic N) is 5. The van der Waals surface area contributed by atoms with Crippen molar-refractivity contribution in [3.05, 3.63) is 41.3 Å². The molecule has 39 heavy (non-hydrogen) atoms. The number of benzene rings is 1. The number of rotatable bonds is 6. The quantitative estimate of drug-likeness (QED) is 0.189. The lowest BCUT2D eigenvalue weighted by molar-refractivity contribution is -0.200. The SMILES string of the molecule is CC1(C)O[C@@H]2[C@H](O1)[C@@H](COc1cccc(CI)c1)O[C@H]2n1ncc2c(N3CC4(CCCCC4)C3)nc(Cl)nc21. The van der Waals surface area contributed by atoms with Crippen LogP contribution in [-0.2, 0) is 18.6 Å². The Kier molecular flexibility index (Phi) is 6.69. The third kappa shape index (κ3) is 4.79. The third-order valence-electron chi connectivity index (χ3n) is 8.51. The van der Waals surface area contributed by atoms with Crippen LogP contribution >= 0.6 is 34.2 Å². The van der Waals surface area contributed by atoms with E-state index in [4.69, 9.17) is 35.6 Å². The Labute approximate surface area is 246 Å². The van der Waals surface area contributed by atoms with Gasteiger partial charge in [-0.3, -0.25) is 0 Å². The van der Waals surface area contributed by atoms with Crippen molar-refractivity contribution in [3.63, 3.8) is 0 Å². The van der Waals surface area contributed by atoms with Crippen LogP contribution in [0.25, 0.3) is 11.0 Å². The van der Waals surface area contributed by atoms with Crippen molar-refractivity contribution in [2.45, 2.75) is 80.7 Å². The molecule has 5 heterocycles. The Morgan fingerprint density at radius 2 is 1.90 bits per heavy atom. The van der Waals surface area contributed by atoms with Crippen molar-refractivity contribution in [1.29, 1.82) is 0 Å². The summed E-state index contributed by atoms with van der Waals surface area (Å²) in [6, 6.07) is 8.12. The van der Waals surface area contributed by atoms with Crippen molar-refractivity contribution in [3.8, 4) is 5.75 Å². The van der Waals surface area contributed by atoms with Gasteiger partial charge in [0.1, 0.15) is 36.5 Å². The number of fused-ring (bicyclic) bond motifs is 2. The Morgan fingerprint density at radius 1 is 1.10 bits per heavy atom.